The highest BCUT2D eigenvalue weighted by Gasteiger charge is 2.25. The SMILES string of the molecule is C1=NC2=C(C1)CCC(n1cnc3cnc4[nH]ccc4c31)C2. The van der Waals surface area contributed by atoms with Crippen LogP contribution in [0.5, 0.6) is 0 Å². The zero-order chi connectivity index (χ0) is 13.8. The number of pyridine rings is 1. The Kier molecular flexibility index (Phi) is 2.16. The first-order valence-corrected chi connectivity index (χ1v) is 7.42. The van der Waals surface area contributed by atoms with Crippen LogP contribution in [-0.4, -0.2) is 25.7 Å². The zero-order valence-corrected chi connectivity index (χ0v) is 11.6. The van der Waals surface area contributed by atoms with Crippen molar-refractivity contribution in [2.24, 2.45) is 4.99 Å². The fourth-order valence-corrected chi connectivity index (χ4v) is 3.63. The smallest absolute Gasteiger partial charge is 0.139 e. The van der Waals surface area contributed by atoms with Crippen LogP contribution < -0.4 is 0 Å². The summed E-state index contributed by atoms with van der Waals surface area (Å²) in [5.74, 6) is 0. The van der Waals surface area contributed by atoms with Crippen molar-refractivity contribution in [3.63, 3.8) is 0 Å². The predicted octanol–water partition coefficient (Wildman–Crippen LogP) is 3.37. The van der Waals surface area contributed by atoms with Crippen LogP contribution in [0.25, 0.3) is 22.1 Å². The molecule has 0 amide bonds. The second kappa shape index (κ2) is 4.04. The van der Waals surface area contributed by atoms with Crippen LogP contribution in [-0.2, 0) is 0 Å². The number of aromatic nitrogens is 4. The van der Waals surface area contributed by atoms with Gasteiger partial charge in [0, 0.05) is 42.4 Å². The number of imidazole rings is 1. The number of nitrogens with zero attached hydrogens (tertiary/aromatic N) is 4. The Labute approximate surface area is 121 Å². The Morgan fingerprint density at radius 2 is 2.29 bits per heavy atom. The maximum atomic E-state index is 4.55. The number of allylic oxidation sites excluding steroid dienone is 2. The maximum Gasteiger partial charge on any atom is 0.139 e. The summed E-state index contributed by atoms with van der Waals surface area (Å²) in [6.07, 6.45) is 12.2. The molecule has 2 aliphatic rings. The Bertz CT molecular complexity index is 911. The number of hydrogen-bond acceptors (Lipinski definition) is 3. The monoisotopic (exact) mass is 277 g/mol. The second-order valence-corrected chi connectivity index (χ2v) is 5.85. The summed E-state index contributed by atoms with van der Waals surface area (Å²) in [5, 5.41) is 1.15. The third-order valence-corrected chi connectivity index (χ3v) is 4.71. The number of rotatable bonds is 1. The van der Waals surface area contributed by atoms with E-state index >= 15 is 0 Å². The van der Waals surface area contributed by atoms with Crippen molar-refractivity contribution in [2.45, 2.75) is 31.7 Å². The van der Waals surface area contributed by atoms with Gasteiger partial charge in [0.1, 0.15) is 11.2 Å². The fraction of sp³-hybridized carbons (Fsp3) is 0.312. The van der Waals surface area contributed by atoms with Crippen molar-refractivity contribution in [1.29, 1.82) is 0 Å². The van der Waals surface area contributed by atoms with E-state index in [0.29, 0.717) is 6.04 Å². The average Bonchev–Trinajstić information content (AvgIpc) is 3.23. The molecule has 1 unspecified atom stereocenters. The average molecular weight is 277 g/mol. The number of H-pyrrole nitrogens is 1. The third-order valence-electron chi connectivity index (χ3n) is 4.71. The van der Waals surface area contributed by atoms with Gasteiger partial charge in [0.25, 0.3) is 0 Å². The number of hydrogen-bond donors (Lipinski definition) is 1. The molecule has 4 heterocycles. The van der Waals surface area contributed by atoms with Gasteiger partial charge >= 0.3 is 0 Å². The highest BCUT2D eigenvalue weighted by atomic mass is 15.1. The van der Waals surface area contributed by atoms with Crippen molar-refractivity contribution < 1.29 is 0 Å². The van der Waals surface area contributed by atoms with E-state index in [4.69, 9.17) is 0 Å². The van der Waals surface area contributed by atoms with Crippen LogP contribution in [0.4, 0.5) is 0 Å². The predicted molar refractivity (Wildman–Crippen MR) is 82.4 cm³/mol. The minimum Gasteiger partial charge on any atom is -0.346 e. The first-order chi connectivity index (χ1) is 10.4. The maximum absolute atomic E-state index is 4.55. The Balaban J connectivity index is 1.68. The molecule has 0 bridgehead atoms. The summed E-state index contributed by atoms with van der Waals surface area (Å²) in [6, 6.07) is 2.54. The number of aliphatic imine (C=N–C) groups is 1. The van der Waals surface area contributed by atoms with Gasteiger partial charge in [0.15, 0.2) is 0 Å². The summed E-state index contributed by atoms with van der Waals surface area (Å²) in [5.41, 5.74) is 5.92. The van der Waals surface area contributed by atoms with Crippen molar-refractivity contribution in [3.8, 4) is 0 Å². The Hall–Kier alpha value is -2.43. The van der Waals surface area contributed by atoms with Crippen LogP contribution >= 0.6 is 0 Å². The molecule has 0 radical (unpaired) electrons. The van der Waals surface area contributed by atoms with Crippen LogP contribution in [0, 0.1) is 0 Å². The standard InChI is InChI=1S/C16H15N5/c1-2-11(7-13-10(1)3-5-17-13)21-9-20-14-8-19-16-12(15(14)21)4-6-18-16/h4-6,8-9,11H,1-3,7H2,(H,18,19). The molecule has 3 aromatic heterocycles. The molecule has 0 aromatic carbocycles. The summed E-state index contributed by atoms with van der Waals surface area (Å²) >= 11 is 0. The molecule has 0 fully saturated rings. The summed E-state index contributed by atoms with van der Waals surface area (Å²) in [7, 11) is 0. The second-order valence-electron chi connectivity index (χ2n) is 5.85. The van der Waals surface area contributed by atoms with Crippen LogP contribution in [0.1, 0.15) is 31.7 Å². The molecular weight excluding hydrogens is 262 g/mol. The molecular formula is C16H15N5. The molecule has 5 nitrogen and oxygen atoms in total. The summed E-state index contributed by atoms with van der Waals surface area (Å²) in [4.78, 5) is 16.7. The topological polar surface area (TPSA) is 58.9 Å². The number of nitrogens with one attached hydrogen (secondary N) is 1. The van der Waals surface area contributed by atoms with E-state index in [9.17, 15) is 0 Å². The number of aromatic amines is 1. The largest absolute Gasteiger partial charge is 0.346 e. The third kappa shape index (κ3) is 1.54. The molecule has 3 aromatic rings. The van der Waals surface area contributed by atoms with E-state index in [-0.39, 0.29) is 0 Å². The molecule has 5 rings (SSSR count). The first-order valence-electron chi connectivity index (χ1n) is 7.42. The molecule has 5 heteroatoms. The van der Waals surface area contributed by atoms with Crippen LogP contribution in [0.3, 0.4) is 0 Å². The molecule has 104 valence electrons. The Morgan fingerprint density at radius 3 is 3.29 bits per heavy atom. The van der Waals surface area contributed by atoms with E-state index in [1.54, 1.807) is 0 Å². The lowest BCUT2D eigenvalue weighted by Gasteiger charge is -2.24. The normalized spacial score (nSPS) is 21.6. The van der Waals surface area contributed by atoms with E-state index in [2.05, 4.69) is 30.6 Å². The fourth-order valence-electron chi connectivity index (χ4n) is 3.63. The van der Waals surface area contributed by atoms with E-state index in [1.807, 2.05) is 24.9 Å². The van der Waals surface area contributed by atoms with Crippen molar-refractivity contribution in [1.82, 2.24) is 19.5 Å². The summed E-state index contributed by atoms with van der Waals surface area (Å²) < 4.78 is 2.32. The zero-order valence-electron chi connectivity index (χ0n) is 11.6. The Morgan fingerprint density at radius 1 is 1.29 bits per heavy atom. The van der Waals surface area contributed by atoms with Gasteiger partial charge in [-0.25, -0.2) is 9.97 Å². The highest BCUT2D eigenvalue weighted by molar-refractivity contribution is 6.00. The van der Waals surface area contributed by atoms with Gasteiger partial charge < -0.3 is 9.55 Å². The van der Waals surface area contributed by atoms with Crippen LogP contribution in [0.2, 0.25) is 0 Å². The van der Waals surface area contributed by atoms with Gasteiger partial charge in [-0.1, -0.05) is 0 Å². The molecule has 0 spiro atoms. The van der Waals surface area contributed by atoms with E-state index in [1.165, 1.54) is 23.2 Å². The van der Waals surface area contributed by atoms with Gasteiger partial charge in [0.2, 0.25) is 0 Å². The molecule has 1 atom stereocenters. The van der Waals surface area contributed by atoms with E-state index < -0.39 is 0 Å². The molecule has 0 saturated heterocycles. The van der Waals surface area contributed by atoms with Gasteiger partial charge in [-0.05, 0) is 24.5 Å². The van der Waals surface area contributed by atoms with Gasteiger partial charge in [-0.3, -0.25) is 4.99 Å². The molecule has 1 aliphatic carbocycles. The van der Waals surface area contributed by atoms with Gasteiger partial charge in [-0.2, -0.15) is 0 Å². The van der Waals surface area contributed by atoms with Crippen molar-refractivity contribution >= 4 is 28.3 Å². The van der Waals surface area contributed by atoms with Gasteiger partial charge in [-0.15, -0.1) is 0 Å². The lowest BCUT2D eigenvalue weighted by Crippen LogP contribution is -2.13. The molecule has 1 N–H and O–H groups in total. The molecule has 0 saturated carbocycles. The highest BCUT2D eigenvalue weighted by Crippen LogP contribution is 2.38. The van der Waals surface area contributed by atoms with Crippen LogP contribution in [0.15, 0.2) is 41.0 Å². The lowest BCUT2D eigenvalue weighted by molar-refractivity contribution is 0.449. The quantitative estimate of drug-likeness (QED) is 0.741. The van der Waals surface area contributed by atoms with Crippen molar-refractivity contribution in [2.75, 3.05) is 0 Å². The molecule has 1 aliphatic heterocycles. The van der Waals surface area contributed by atoms with Crippen molar-refractivity contribution in [3.05, 3.63) is 36.1 Å². The first kappa shape index (κ1) is 11.3. The summed E-state index contributed by atoms with van der Waals surface area (Å²) in [6.45, 7) is 0. The minimum atomic E-state index is 0.449. The lowest BCUT2D eigenvalue weighted by atomic mass is 9.92. The van der Waals surface area contributed by atoms with E-state index in [0.717, 1.165) is 35.8 Å². The minimum absolute atomic E-state index is 0.449. The molecule has 21 heavy (non-hydrogen) atoms. The van der Waals surface area contributed by atoms with Gasteiger partial charge in [0.05, 0.1) is 18.0 Å². The number of fused-ring (bicyclic) bond motifs is 3.